The molecule has 98 valence electrons. The molecule has 0 aliphatic heterocycles. The van der Waals surface area contributed by atoms with Crippen molar-refractivity contribution in [2.24, 2.45) is 0 Å². The van der Waals surface area contributed by atoms with E-state index in [1.807, 2.05) is 18.7 Å². The number of aldehydes is 1. The van der Waals surface area contributed by atoms with Gasteiger partial charge in [0, 0.05) is 36.0 Å². The summed E-state index contributed by atoms with van der Waals surface area (Å²) in [6, 6.07) is 4.22. The average molecular weight is 252 g/mol. The molecule has 1 aromatic carbocycles. The molecule has 0 heterocycles. The van der Waals surface area contributed by atoms with Crippen molar-refractivity contribution in [1.82, 2.24) is 0 Å². The lowest BCUT2D eigenvalue weighted by atomic mass is 10.1. The fraction of sp³-hybridized carbons (Fsp3) is 0.417. The van der Waals surface area contributed by atoms with Crippen LogP contribution in [-0.4, -0.2) is 35.5 Å². The van der Waals surface area contributed by atoms with Crippen LogP contribution in [0, 0.1) is 10.1 Å². The number of nitro groups is 1. The molecule has 0 aromatic heterocycles. The zero-order chi connectivity index (χ0) is 13.7. The lowest BCUT2D eigenvalue weighted by Gasteiger charge is -2.29. The summed E-state index contributed by atoms with van der Waals surface area (Å²) in [6.45, 7) is 4.17. The third-order valence-corrected chi connectivity index (χ3v) is 2.62. The maximum absolute atomic E-state index is 11.0. The van der Waals surface area contributed by atoms with Gasteiger partial charge in [0.15, 0.2) is 6.29 Å². The summed E-state index contributed by atoms with van der Waals surface area (Å²) < 4.78 is 0. The van der Waals surface area contributed by atoms with Gasteiger partial charge in [-0.15, -0.1) is 0 Å². The summed E-state index contributed by atoms with van der Waals surface area (Å²) in [5.41, 5.74) is 0.736. The van der Waals surface area contributed by atoms with Crippen molar-refractivity contribution in [3.8, 4) is 0 Å². The topological polar surface area (TPSA) is 83.7 Å². The Bertz CT molecular complexity index is 446. The van der Waals surface area contributed by atoms with Crippen LogP contribution in [0.2, 0.25) is 0 Å². The minimum Gasteiger partial charge on any atom is -0.395 e. The SMILES string of the molecule is CC(C)N(CCO)c1ccc([N+](=O)[O-])cc1C=O. The Hall–Kier alpha value is -1.95. The van der Waals surface area contributed by atoms with Gasteiger partial charge in [-0.2, -0.15) is 0 Å². The van der Waals surface area contributed by atoms with Crippen molar-refractivity contribution in [2.75, 3.05) is 18.1 Å². The second-order valence-corrected chi connectivity index (χ2v) is 4.13. The van der Waals surface area contributed by atoms with Gasteiger partial charge in [-0.3, -0.25) is 14.9 Å². The van der Waals surface area contributed by atoms with E-state index >= 15 is 0 Å². The van der Waals surface area contributed by atoms with Crippen LogP contribution in [0.3, 0.4) is 0 Å². The Balaban J connectivity index is 3.21. The number of nitro benzene ring substituents is 1. The van der Waals surface area contributed by atoms with Gasteiger partial charge >= 0.3 is 0 Å². The Morgan fingerprint density at radius 1 is 1.50 bits per heavy atom. The Labute approximate surface area is 105 Å². The minimum atomic E-state index is -0.539. The van der Waals surface area contributed by atoms with Gasteiger partial charge in [0.2, 0.25) is 0 Å². The van der Waals surface area contributed by atoms with Crippen LogP contribution < -0.4 is 4.90 Å². The molecular weight excluding hydrogens is 236 g/mol. The summed E-state index contributed by atoms with van der Waals surface area (Å²) in [4.78, 5) is 23.0. The van der Waals surface area contributed by atoms with Gasteiger partial charge in [0.1, 0.15) is 0 Å². The number of hydrogen-bond acceptors (Lipinski definition) is 5. The van der Waals surface area contributed by atoms with Crippen molar-refractivity contribution < 1.29 is 14.8 Å². The van der Waals surface area contributed by atoms with E-state index in [0.717, 1.165) is 0 Å². The number of carbonyl (C=O) groups excluding carboxylic acids is 1. The first-order chi connectivity index (χ1) is 8.51. The van der Waals surface area contributed by atoms with Crippen LogP contribution in [0.5, 0.6) is 0 Å². The highest BCUT2D eigenvalue weighted by Gasteiger charge is 2.17. The highest BCUT2D eigenvalue weighted by Crippen LogP contribution is 2.25. The van der Waals surface area contributed by atoms with E-state index in [4.69, 9.17) is 5.11 Å². The van der Waals surface area contributed by atoms with Crippen LogP contribution in [0.4, 0.5) is 11.4 Å². The summed E-state index contributed by atoms with van der Waals surface area (Å²) in [5.74, 6) is 0. The van der Waals surface area contributed by atoms with Gasteiger partial charge in [-0.25, -0.2) is 0 Å². The number of rotatable bonds is 6. The third kappa shape index (κ3) is 3.04. The van der Waals surface area contributed by atoms with Crippen LogP contribution >= 0.6 is 0 Å². The molecule has 1 N–H and O–H groups in total. The first-order valence-corrected chi connectivity index (χ1v) is 5.62. The number of carbonyl (C=O) groups is 1. The maximum Gasteiger partial charge on any atom is 0.270 e. The Morgan fingerprint density at radius 2 is 2.17 bits per heavy atom. The van der Waals surface area contributed by atoms with Gasteiger partial charge in [-0.1, -0.05) is 0 Å². The smallest absolute Gasteiger partial charge is 0.270 e. The molecule has 0 spiro atoms. The van der Waals surface area contributed by atoms with Gasteiger partial charge in [0.05, 0.1) is 11.5 Å². The number of aliphatic hydroxyl groups is 1. The molecule has 6 heteroatoms. The quantitative estimate of drug-likeness (QED) is 0.472. The highest BCUT2D eigenvalue weighted by atomic mass is 16.6. The standard InChI is InChI=1S/C12H16N2O4/c1-9(2)13(5-6-15)12-4-3-11(14(17)18)7-10(12)8-16/h3-4,7-9,15H,5-6H2,1-2H3. The zero-order valence-corrected chi connectivity index (χ0v) is 10.4. The summed E-state index contributed by atoms with van der Waals surface area (Å²) in [5, 5.41) is 19.7. The summed E-state index contributed by atoms with van der Waals surface area (Å²) in [6.07, 6.45) is 0.592. The van der Waals surface area contributed by atoms with Gasteiger partial charge in [-0.05, 0) is 19.9 Å². The van der Waals surface area contributed by atoms with E-state index in [-0.39, 0.29) is 23.9 Å². The first kappa shape index (κ1) is 14.1. The zero-order valence-electron chi connectivity index (χ0n) is 10.4. The van der Waals surface area contributed by atoms with E-state index in [2.05, 4.69) is 0 Å². The normalized spacial score (nSPS) is 10.4. The number of anilines is 1. The molecule has 0 bridgehead atoms. The van der Waals surface area contributed by atoms with E-state index in [9.17, 15) is 14.9 Å². The summed E-state index contributed by atoms with van der Waals surface area (Å²) >= 11 is 0. The van der Waals surface area contributed by atoms with E-state index in [1.54, 1.807) is 0 Å². The molecule has 1 rings (SSSR count). The minimum absolute atomic E-state index is 0.0482. The molecule has 0 radical (unpaired) electrons. The lowest BCUT2D eigenvalue weighted by molar-refractivity contribution is -0.384. The molecule has 0 aliphatic carbocycles. The molecule has 0 saturated carbocycles. The Kier molecular flexibility index (Phi) is 4.79. The number of nitrogens with zero attached hydrogens (tertiary/aromatic N) is 2. The molecule has 0 amide bonds. The van der Waals surface area contributed by atoms with Gasteiger partial charge in [0.25, 0.3) is 5.69 Å². The van der Waals surface area contributed by atoms with Crippen molar-refractivity contribution in [3.63, 3.8) is 0 Å². The largest absolute Gasteiger partial charge is 0.395 e. The molecule has 6 nitrogen and oxygen atoms in total. The van der Waals surface area contributed by atoms with Crippen molar-refractivity contribution in [1.29, 1.82) is 0 Å². The monoisotopic (exact) mass is 252 g/mol. The molecule has 0 aliphatic rings. The molecule has 1 aromatic rings. The average Bonchev–Trinajstić information content (AvgIpc) is 2.34. The predicted octanol–water partition coefficient (Wildman–Crippen LogP) is 1.61. The summed E-state index contributed by atoms with van der Waals surface area (Å²) in [7, 11) is 0. The van der Waals surface area contributed by atoms with E-state index < -0.39 is 4.92 Å². The number of hydrogen-bond donors (Lipinski definition) is 1. The van der Waals surface area contributed by atoms with E-state index in [0.29, 0.717) is 18.5 Å². The van der Waals surface area contributed by atoms with Crippen LogP contribution in [0.25, 0.3) is 0 Å². The van der Waals surface area contributed by atoms with Crippen LogP contribution in [0.1, 0.15) is 24.2 Å². The predicted molar refractivity (Wildman–Crippen MR) is 68.1 cm³/mol. The van der Waals surface area contributed by atoms with Crippen LogP contribution in [-0.2, 0) is 0 Å². The van der Waals surface area contributed by atoms with Crippen molar-refractivity contribution >= 4 is 17.7 Å². The second kappa shape index (κ2) is 6.11. The lowest BCUT2D eigenvalue weighted by Crippen LogP contribution is -2.34. The number of non-ortho nitro benzene ring substituents is 1. The van der Waals surface area contributed by atoms with Crippen molar-refractivity contribution in [2.45, 2.75) is 19.9 Å². The number of benzene rings is 1. The van der Waals surface area contributed by atoms with Crippen LogP contribution in [0.15, 0.2) is 18.2 Å². The van der Waals surface area contributed by atoms with Crippen molar-refractivity contribution in [3.05, 3.63) is 33.9 Å². The fourth-order valence-corrected chi connectivity index (χ4v) is 1.78. The van der Waals surface area contributed by atoms with Gasteiger partial charge < -0.3 is 10.0 Å². The molecule has 18 heavy (non-hydrogen) atoms. The third-order valence-electron chi connectivity index (χ3n) is 2.62. The molecular formula is C12H16N2O4. The maximum atomic E-state index is 11.0. The second-order valence-electron chi connectivity index (χ2n) is 4.13. The number of aliphatic hydroxyl groups excluding tert-OH is 1. The first-order valence-electron chi connectivity index (χ1n) is 5.62. The molecule has 0 atom stereocenters. The van der Waals surface area contributed by atoms with E-state index in [1.165, 1.54) is 18.2 Å². The highest BCUT2D eigenvalue weighted by molar-refractivity contribution is 5.86. The molecule has 0 unspecified atom stereocenters. The fourth-order valence-electron chi connectivity index (χ4n) is 1.78. The molecule has 0 fully saturated rings. The Morgan fingerprint density at radius 3 is 2.61 bits per heavy atom. The molecule has 0 saturated heterocycles.